The normalized spacial score (nSPS) is 11.2. The van der Waals surface area contributed by atoms with Gasteiger partial charge in [-0.1, -0.05) is 37.2 Å². The van der Waals surface area contributed by atoms with E-state index in [1.54, 1.807) is 11.8 Å². The maximum Gasteiger partial charge on any atom is 0.258 e. The molecular formula is C14H19N3OS. The van der Waals surface area contributed by atoms with Crippen LogP contribution in [0.1, 0.15) is 25.2 Å². The van der Waals surface area contributed by atoms with Crippen molar-refractivity contribution >= 4 is 11.8 Å². The van der Waals surface area contributed by atoms with E-state index in [1.807, 2.05) is 18.2 Å². The average molecular weight is 277 g/mol. The number of thioether (sulfide) groups is 1. The largest absolute Gasteiger partial charge is 0.334 e. The van der Waals surface area contributed by atoms with Crippen molar-refractivity contribution in [2.45, 2.75) is 31.3 Å². The standard InChI is InChI=1S/C14H19N3OS/c1-10(2)19-9-13-16-14(18-17-13)12-6-4-3-5-11(12)7-8-15/h3-6,10H,7-9,15H2,1-2H3. The van der Waals surface area contributed by atoms with Gasteiger partial charge in [0.1, 0.15) is 0 Å². The summed E-state index contributed by atoms with van der Waals surface area (Å²) in [7, 11) is 0. The van der Waals surface area contributed by atoms with Crippen LogP contribution in [0.2, 0.25) is 0 Å². The molecule has 1 aromatic heterocycles. The van der Waals surface area contributed by atoms with E-state index >= 15 is 0 Å². The summed E-state index contributed by atoms with van der Waals surface area (Å²) in [4.78, 5) is 4.46. The molecule has 0 amide bonds. The molecule has 0 saturated carbocycles. The fourth-order valence-electron chi connectivity index (χ4n) is 1.77. The molecule has 2 N–H and O–H groups in total. The third-order valence-electron chi connectivity index (χ3n) is 2.68. The van der Waals surface area contributed by atoms with Crippen LogP contribution in [0.4, 0.5) is 0 Å². The van der Waals surface area contributed by atoms with Crippen molar-refractivity contribution in [2.24, 2.45) is 5.73 Å². The molecule has 0 bridgehead atoms. The molecule has 0 atom stereocenters. The third-order valence-corrected chi connectivity index (χ3v) is 3.77. The quantitative estimate of drug-likeness (QED) is 0.879. The number of hydrogen-bond acceptors (Lipinski definition) is 5. The number of hydrogen-bond donors (Lipinski definition) is 1. The Labute approximate surface area is 117 Å². The first-order valence-electron chi connectivity index (χ1n) is 6.43. The lowest BCUT2D eigenvalue weighted by Gasteiger charge is -2.03. The van der Waals surface area contributed by atoms with Crippen molar-refractivity contribution in [3.8, 4) is 11.5 Å². The lowest BCUT2D eigenvalue weighted by Crippen LogP contribution is -2.03. The zero-order valence-corrected chi connectivity index (χ0v) is 12.1. The highest BCUT2D eigenvalue weighted by atomic mass is 32.2. The first-order chi connectivity index (χ1) is 9.20. The summed E-state index contributed by atoms with van der Waals surface area (Å²) in [5.74, 6) is 2.11. The van der Waals surface area contributed by atoms with E-state index in [1.165, 1.54) is 0 Å². The Bertz CT molecular complexity index is 525. The first kappa shape index (κ1) is 14.1. The summed E-state index contributed by atoms with van der Waals surface area (Å²) in [6.07, 6.45) is 0.814. The molecule has 102 valence electrons. The summed E-state index contributed by atoms with van der Waals surface area (Å²) in [6, 6.07) is 8.02. The molecule has 0 aliphatic carbocycles. The van der Waals surface area contributed by atoms with E-state index in [0.29, 0.717) is 17.7 Å². The molecule has 19 heavy (non-hydrogen) atoms. The van der Waals surface area contributed by atoms with Gasteiger partial charge in [-0.15, -0.1) is 0 Å². The van der Waals surface area contributed by atoms with Gasteiger partial charge < -0.3 is 10.3 Å². The molecule has 1 heterocycles. The van der Waals surface area contributed by atoms with Gasteiger partial charge in [0.2, 0.25) is 0 Å². The molecular weight excluding hydrogens is 258 g/mol. The fourth-order valence-corrected chi connectivity index (χ4v) is 2.37. The van der Waals surface area contributed by atoms with Crippen molar-refractivity contribution < 1.29 is 4.52 Å². The molecule has 0 radical (unpaired) electrons. The molecule has 0 unspecified atom stereocenters. The van der Waals surface area contributed by atoms with Crippen molar-refractivity contribution in [3.05, 3.63) is 35.7 Å². The lowest BCUT2D eigenvalue weighted by molar-refractivity contribution is 0.425. The zero-order chi connectivity index (χ0) is 13.7. The maximum atomic E-state index is 5.62. The molecule has 0 aliphatic rings. The van der Waals surface area contributed by atoms with E-state index in [4.69, 9.17) is 10.3 Å². The van der Waals surface area contributed by atoms with Gasteiger partial charge in [0.05, 0.1) is 5.75 Å². The number of aromatic nitrogens is 2. The molecule has 4 nitrogen and oxygen atoms in total. The number of rotatable bonds is 6. The highest BCUT2D eigenvalue weighted by Gasteiger charge is 2.12. The maximum absolute atomic E-state index is 5.62. The van der Waals surface area contributed by atoms with Gasteiger partial charge in [0.25, 0.3) is 5.89 Å². The second kappa shape index (κ2) is 6.73. The van der Waals surface area contributed by atoms with Gasteiger partial charge in [-0.05, 0) is 29.8 Å². The molecule has 0 aliphatic heterocycles. The summed E-state index contributed by atoms with van der Waals surface area (Å²) >= 11 is 1.80. The van der Waals surface area contributed by atoms with Gasteiger partial charge in [-0.25, -0.2) is 0 Å². The predicted molar refractivity (Wildman–Crippen MR) is 78.9 cm³/mol. The van der Waals surface area contributed by atoms with Crippen molar-refractivity contribution in [3.63, 3.8) is 0 Å². The van der Waals surface area contributed by atoms with Crippen molar-refractivity contribution in [2.75, 3.05) is 6.54 Å². The van der Waals surface area contributed by atoms with E-state index in [0.717, 1.165) is 29.1 Å². The molecule has 5 heteroatoms. The SMILES string of the molecule is CC(C)SCc1noc(-c2ccccc2CCN)n1. The summed E-state index contributed by atoms with van der Waals surface area (Å²) < 4.78 is 5.35. The third kappa shape index (κ3) is 3.81. The Hall–Kier alpha value is -1.33. The Balaban J connectivity index is 2.18. The zero-order valence-electron chi connectivity index (χ0n) is 11.3. The summed E-state index contributed by atoms with van der Waals surface area (Å²) in [5, 5.41) is 4.59. The highest BCUT2D eigenvalue weighted by molar-refractivity contribution is 7.99. The number of benzene rings is 1. The van der Waals surface area contributed by atoms with E-state index in [-0.39, 0.29) is 0 Å². The van der Waals surface area contributed by atoms with Crippen LogP contribution in [-0.4, -0.2) is 21.9 Å². The molecule has 1 aromatic carbocycles. The minimum atomic E-state index is 0.562. The monoisotopic (exact) mass is 277 g/mol. The van der Waals surface area contributed by atoms with Crippen LogP contribution in [-0.2, 0) is 12.2 Å². The second-order valence-corrected chi connectivity index (χ2v) is 6.14. The Morgan fingerprint density at radius 2 is 2.11 bits per heavy atom. The van der Waals surface area contributed by atoms with Crippen LogP contribution in [0.3, 0.4) is 0 Å². The number of nitrogens with two attached hydrogens (primary N) is 1. The highest BCUT2D eigenvalue weighted by Crippen LogP contribution is 2.23. The smallest absolute Gasteiger partial charge is 0.258 e. The van der Waals surface area contributed by atoms with Crippen LogP contribution in [0, 0.1) is 0 Å². The second-order valence-electron chi connectivity index (χ2n) is 4.57. The van der Waals surface area contributed by atoms with Crippen molar-refractivity contribution in [1.29, 1.82) is 0 Å². The summed E-state index contributed by atoms with van der Waals surface area (Å²) in [5.41, 5.74) is 7.76. The molecule has 0 spiro atoms. The van der Waals surface area contributed by atoms with Gasteiger partial charge in [0.15, 0.2) is 5.82 Å². The molecule has 0 saturated heterocycles. The number of nitrogens with zero attached hydrogens (tertiary/aromatic N) is 2. The summed E-state index contributed by atoms with van der Waals surface area (Å²) in [6.45, 7) is 4.92. The molecule has 2 aromatic rings. The van der Waals surface area contributed by atoms with Crippen LogP contribution < -0.4 is 5.73 Å². The van der Waals surface area contributed by atoms with Gasteiger partial charge >= 0.3 is 0 Å². The van der Waals surface area contributed by atoms with E-state index in [9.17, 15) is 0 Å². The van der Waals surface area contributed by atoms with Crippen molar-refractivity contribution in [1.82, 2.24) is 10.1 Å². The van der Waals surface area contributed by atoms with Gasteiger partial charge in [-0.2, -0.15) is 16.7 Å². The van der Waals surface area contributed by atoms with Crippen LogP contribution >= 0.6 is 11.8 Å². The Kier molecular flexibility index (Phi) is 4.99. The lowest BCUT2D eigenvalue weighted by atomic mass is 10.0. The Morgan fingerprint density at radius 1 is 1.32 bits per heavy atom. The van der Waals surface area contributed by atoms with Gasteiger partial charge in [0, 0.05) is 5.56 Å². The van der Waals surface area contributed by atoms with E-state index < -0.39 is 0 Å². The predicted octanol–water partition coefficient (Wildman–Crippen LogP) is 2.88. The van der Waals surface area contributed by atoms with Crippen LogP contribution in [0.15, 0.2) is 28.8 Å². The topological polar surface area (TPSA) is 64.9 Å². The minimum Gasteiger partial charge on any atom is -0.334 e. The fraction of sp³-hybridized carbons (Fsp3) is 0.429. The Morgan fingerprint density at radius 3 is 2.84 bits per heavy atom. The average Bonchev–Trinajstić information content (AvgIpc) is 2.86. The van der Waals surface area contributed by atoms with Gasteiger partial charge in [-0.3, -0.25) is 0 Å². The first-order valence-corrected chi connectivity index (χ1v) is 7.48. The molecule has 0 fully saturated rings. The van der Waals surface area contributed by atoms with Crippen LogP contribution in [0.25, 0.3) is 11.5 Å². The van der Waals surface area contributed by atoms with E-state index in [2.05, 4.69) is 30.1 Å². The van der Waals surface area contributed by atoms with Crippen LogP contribution in [0.5, 0.6) is 0 Å². The minimum absolute atomic E-state index is 0.562. The molecule has 2 rings (SSSR count).